The largest absolute Gasteiger partial charge is 0.354 e. The predicted octanol–water partition coefficient (Wildman–Crippen LogP) is 5.51. The minimum atomic E-state index is -3.91. The summed E-state index contributed by atoms with van der Waals surface area (Å²) in [5.74, 6) is 1.17. The second kappa shape index (κ2) is 11.8. The Morgan fingerprint density at radius 3 is 2.26 bits per heavy atom. The van der Waals surface area contributed by atoms with Crippen molar-refractivity contribution < 1.29 is 13.2 Å². The van der Waals surface area contributed by atoms with Gasteiger partial charge in [-0.1, -0.05) is 47.5 Å². The number of hydrogen-bond donors (Lipinski definition) is 1. The van der Waals surface area contributed by atoms with Crippen molar-refractivity contribution in [2.24, 2.45) is 0 Å². The quantitative estimate of drug-likeness (QED) is 0.361. The van der Waals surface area contributed by atoms with Gasteiger partial charge in [0.1, 0.15) is 6.54 Å². The van der Waals surface area contributed by atoms with Gasteiger partial charge in [-0.15, -0.1) is 0 Å². The number of rotatable bonds is 10. The molecule has 0 saturated carbocycles. The van der Waals surface area contributed by atoms with E-state index >= 15 is 0 Å². The van der Waals surface area contributed by atoms with E-state index < -0.39 is 10.0 Å². The minimum Gasteiger partial charge on any atom is -0.354 e. The lowest BCUT2D eigenvalue weighted by Gasteiger charge is -2.25. The number of carbonyl (C=O) groups is 1. The van der Waals surface area contributed by atoms with Gasteiger partial charge in [0.05, 0.1) is 10.6 Å². The molecule has 0 spiro atoms. The van der Waals surface area contributed by atoms with Gasteiger partial charge in [-0.05, 0) is 73.9 Å². The molecule has 0 heterocycles. The molecule has 1 N–H and O–H groups in total. The molecule has 0 aliphatic carbocycles. The number of nitrogens with one attached hydrogen (secondary N) is 1. The zero-order valence-corrected chi connectivity index (χ0v) is 21.9. The van der Waals surface area contributed by atoms with Crippen LogP contribution in [0.1, 0.15) is 22.3 Å². The monoisotopic (exact) mass is 516 g/mol. The molecular formula is C26H29ClN2O3S2. The second-order valence-electron chi connectivity index (χ2n) is 8.12. The number of carbonyl (C=O) groups excluding carboxylic acids is 1. The number of benzene rings is 3. The van der Waals surface area contributed by atoms with Crippen LogP contribution in [0.2, 0.25) is 5.02 Å². The molecule has 3 aromatic carbocycles. The highest BCUT2D eigenvalue weighted by Gasteiger charge is 2.27. The molecule has 0 atom stereocenters. The van der Waals surface area contributed by atoms with Gasteiger partial charge in [-0.3, -0.25) is 9.10 Å². The SMILES string of the molecule is Cc1ccc(S(=O)(=O)N(CC(=O)NCCSCc2ccc(Cl)cc2)c2ccc(C)c(C)c2)cc1. The molecule has 0 aliphatic rings. The van der Waals surface area contributed by atoms with E-state index in [1.165, 1.54) is 4.31 Å². The topological polar surface area (TPSA) is 66.5 Å². The van der Waals surface area contributed by atoms with Gasteiger partial charge in [-0.25, -0.2) is 8.42 Å². The maximum atomic E-state index is 13.5. The van der Waals surface area contributed by atoms with Crippen molar-refractivity contribution in [3.05, 3.63) is 94.0 Å². The number of amides is 1. The third-order valence-corrected chi connectivity index (χ3v) is 8.50. The molecule has 0 radical (unpaired) electrons. The molecule has 1 amide bonds. The normalized spacial score (nSPS) is 11.3. The van der Waals surface area contributed by atoms with Crippen LogP contribution in [0.15, 0.2) is 71.6 Å². The van der Waals surface area contributed by atoms with Gasteiger partial charge in [0.25, 0.3) is 10.0 Å². The molecule has 180 valence electrons. The molecule has 0 aromatic heterocycles. The van der Waals surface area contributed by atoms with E-state index in [2.05, 4.69) is 5.32 Å². The number of nitrogens with zero attached hydrogens (tertiary/aromatic N) is 1. The zero-order chi connectivity index (χ0) is 24.7. The highest BCUT2D eigenvalue weighted by Crippen LogP contribution is 2.26. The van der Waals surface area contributed by atoms with Crippen molar-refractivity contribution in [2.45, 2.75) is 31.4 Å². The predicted molar refractivity (Wildman–Crippen MR) is 142 cm³/mol. The number of anilines is 1. The van der Waals surface area contributed by atoms with Gasteiger partial charge in [0.15, 0.2) is 0 Å². The third-order valence-electron chi connectivity index (χ3n) is 5.43. The summed E-state index contributed by atoms with van der Waals surface area (Å²) in [5.41, 5.74) is 4.60. The fraction of sp³-hybridized carbons (Fsp3) is 0.269. The maximum Gasteiger partial charge on any atom is 0.264 e. The highest BCUT2D eigenvalue weighted by molar-refractivity contribution is 7.98. The van der Waals surface area contributed by atoms with Crippen LogP contribution in [-0.4, -0.2) is 33.2 Å². The lowest BCUT2D eigenvalue weighted by molar-refractivity contribution is -0.119. The first-order valence-electron chi connectivity index (χ1n) is 10.9. The summed E-state index contributed by atoms with van der Waals surface area (Å²) in [5, 5.41) is 3.55. The fourth-order valence-electron chi connectivity index (χ4n) is 3.25. The molecule has 0 bridgehead atoms. The second-order valence-corrected chi connectivity index (χ2v) is 11.5. The summed E-state index contributed by atoms with van der Waals surface area (Å²) in [6, 6.07) is 19.7. The first-order chi connectivity index (χ1) is 16.2. The minimum absolute atomic E-state index is 0.155. The smallest absolute Gasteiger partial charge is 0.264 e. The van der Waals surface area contributed by atoms with Gasteiger partial charge in [-0.2, -0.15) is 11.8 Å². The molecule has 0 saturated heterocycles. The highest BCUT2D eigenvalue weighted by atomic mass is 35.5. The fourth-order valence-corrected chi connectivity index (χ4v) is 5.61. The van der Waals surface area contributed by atoms with E-state index in [-0.39, 0.29) is 17.3 Å². The van der Waals surface area contributed by atoms with Crippen molar-refractivity contribution in [1.82, 2.24) is 5.32 Å². The molecule has 0 aliphatic heterocycles. The van der Waals surface area contributed by atoms with Crippen LogP contribution >= 0.6 is 23.4 Å². The Morgan fingerprint density at radius 2 is 1.62 bits per heavy atom. The molecule has 34 heavy (non-hydrogen) atoms. The van der Waals surface area contributed by atoms with E-state index in [0.717, 1.165) is 28.0 Å². The number of thioether (sulfide) groups is 1. The molecule has 8 heteroatoms. The number of hydrogen-bond acceptors (Lipinski definition) is 4. The number of sulfonamides is 1. The lowest BCUT2D eigenvalue weighted by atomic mass is 10.1. The van der Waals surface area contributed by atoms with Crippen molar-refractivity contribution in [3.63, 3.8) is 0 Å². The Labute approximate surface area is 211 Å². The molecular weight excluding hydrogens is 488 g/mol. The van der Waals surface area contributed by atoms with E-state index in [1.54, 1.807) is 48.2 Å². The van der Waals surface area contributed by atoms with E-state index in [1.807, 2.05) is 51.1 Å². The first kappa shape index (κ1) is 26.1. The van der Waals surface area contributed by atoms with Crippen LogP contribution in [0.3, 0.4) is 0 Å². The number of aryl methyl sites for hydroxylation is 3. The van der Waals surface area contributed by atoms with Crippen molar-refractivity contribution in [1.29, 1.82) is 0 Å². The van der Waals surface area contributed by atoms with E-state index in [9.17, 15) is 13.2 Å². The Hall–Kier alpha value is -2.48. The third kappa shape index (κ3) is 7.01. The van der Waals surface area contributed by atoms with E-state index in [0.29, 0.717) is 23.0 Å². The zero-order valence-electron chi connectivity index (χ0n) is 19.5. The van der Waals surface area contributed by atoms with Crippen LogP contribution in [0.5, 0.6) is 0 Å². The van der Waals surface area contributed by atoms with Crippen LogP contribution in [0.4, 0.5) is 5.69 Å². The van der Waals surface area contributed by atoms with Crippen LogP contribution in [-0.2, 0) is 20.6 Å². The molecule has 0 fully saturated rings. The molecule has 3 aromatic rings. The van der Waals surface area contributed by atoms with Crippen molar-refractivity contribution in [2.75, 3.05) is 23.1 Å². The Morgan fingerprint density at radius 1 is 0.941 bits per heavy atom. The van der Waals surface area contributed by atoms with Crippen LogP contribution in [0.25, 0.3) is 0 Å². The maximum absolute atomic E-state index is 13.5. The Balaban J connectivity index is 1.67. The number of halogens is 1. The summed E-state index contributed by atoms with van der Waals surface area (Å²) in [6.45, 7) is 5.94. The summed E-state index contributed by atoms with van der Waals surface area (Å²) in [4.78, 5) is 12.9. The van der Waals surface area contributed by atoms with Gasteiger partial charge in [0.2, 0.25) is 5.91 Å². The summed E-state index contributed by atoms with van der Waals surface area (Å²) < 4.78 is 28.1. The van der Waals surface area contributed by atoms with Gasteiger partial charge < -0.3 is 5.32 Å². The standard InChI is InChI=1S/C26H29ClN2O3S2/c1-19-4-12-25(13-5-19)34(31,32)29(24-11-6-20(2)21(3)16-24)17-26(30)28-14-15-33-18-22-7-9-23(27)10-8-22/h4-13,16H,14-15,17-18H2,1-3H3,(H,28,30). The average Bonchev–Trinajstić information content (AvgIpc) is 2.80. The first-order valence-corrected chi connectivity index (χ1v) is 13.9. The van der Waals surface area contributed by atoms with E-state index in [4.69, 9.17) is 11.6 Å². The Bertz CT molecular complexity index is 1230. The van der Waals surface area contributed by atoms with Crippen molar-refractivity contribution >= 4 is 45.0 Å². The summed E-state index contributed by atoms with van der Waals surface area (Å²) >= 11 is 7.60. The van der Waals surface area contributed by atoms with Crippen LogP contribution < -0.4 is 9.62 Å². The van der Waals surface area contributed by atoms with Crippen molar-refractivity contribution in [3.8, 4) is 0 Å². The molecule has 3 rings (SSSR count). The summed E-state index contributed by atoms with van der Waals surface area (Å²) in [6.07, 6.45) is 0. The van der Waals surface area contributed by atoms with Gasteiger partial charge in [0, 0.05) is 23.1 Å². The molecule has 5 nitrogen and oxygen atoms in total. The molecule has 0 unspecified atom stereocenters. The van der Waals surface area contributed by atoms with Crippen LogP contribution in [0, 0.1) is 20.8 Å². The lowest BCUT2D eigenvalue weighted by Crippen LogP contribution is -2.41. The summed E-state index contributed by atoms with van der Waals surface area (Å²) in [7, 11) is -3.91. The Kier molecular flexibility index (Phi) is 9.05. The average molecular weight is 517 g/mol. The van der Waals surface area contributed by atoms with Gasteiger partial charge >= 0.3 is 0 Å².